The number of rotatable bonds is 7. The highest BCUT2D eigenvalue weighted by Crippen LogP contribution is 2.16. The number of aryl methyl sites for hydroxylation is 1. The van der Waals surface area contributed by atoms with E-state index in [1.165, 1.54) is 12.1 Å². The van der Waals surface area contributed by atoms with Gasteiger partial charge in [-0.3, -0.25) is 15.2 Å². The van der Waals surface area contributed by atoms with Gasteiger partial charge in [-0.15, -0.1) is 5.10 Å². The van der Waals surface area contributed by atoms with Gasteiger partial charge in [0.1, 0.15) is 11.6 Å². The van der Waals surface area contributed by atoms with Crippen molar-refractivity contribution in [3.8, 4) is 17.1 Å². The fourth-order valence-electron chi connectivity index (χ4n) is 2.37. The molecule has 0 aliphatic carbocycles. The number of nitrogens with zero attached hydrogens (tertiary/aromatic N) is 2. The number of amides is 1. The molecular weight excluding hydrogens is 335 g/mol. The number of hydrogen-bond acceptors (Lipinski definition) is 4. The van der Waals surface area contributed by atoms with Gasteiger partial charge in [0.15, 0.2) is 5.82 Å². The van der Waals surface area contributed by atoms with Gasteiger partial charge in [0, 0.05) is 12.0 Å². The van der Waals surface area contributed by atoms with E-state index in [0.717, 1.165) is 11.3 Å². The number of halogens is 1. The Hall–Kier alpha value is -3.22. The molecule has 2 aromatic carbocycles. The van der Waals surface area contributed by atoms with E-state index in [2.05, 4.69) is 20.5 Å². The Morgan fingerprint density at radius 2 is 2.04 bits per heavy atom. The first-order valence-corrected chi connectivity index (χ1v) is 8.28. The van der Waals surface area contributed by atoms with Crippen LogP contribution in [0.1, 0.15) is 18.4 Å². The highest BCUT2D eigenvalue weighted by atomic mass is 19.1. The molecule has 0 atom stereocenters. The summed E-state index contributed by atoms with van der Waals surface area (Å²) in [5.41, 5.74) is 1.81. The van der Waals surface area contributed by atoms with Gasteiger partial charge in [-0.25, -0.2) is 4.39 Å². The summed E-state index contributed by atoms with van der Waals surface area (Å²) in [7, 11) is 0. The van der Waals surface area contributed by atoms with Gasteiger partial charge in [0.2, 0.25) is 11.9 Å². The number of H-pyrrole nitrogens is 1. The summed E-state index contributed by atoms with van der Waals surface area (Å²) in [6, 6.07) is 13.6. The molecule has 0 saturated carbocycles. The summed E-state index contributed by atoms with van der Waals surface area (Å²) in [4.78, 5) is 16.1. The van der Waals surface area contributed by atoms with Crippen LogP contribution >= 0.6 is 0 Å². The molecule has 0 aliphatic heterocycles. The normalized spacial score (nSPS) is 10.5. The van der Waals surface area contributed by atoms with Crippen LogP contribution < -0.4 is 10.1 Å². The first-order valence-electron chi connectivity index (χ1n) is 8.28. The molecule has 1 heterocycles. The van der Waals surface area contributed by atoms with Crippen LogP contribution in [0.4, 0.5) is 10.3 Å². The fourth-order valence-corrected chi connectivity index (χ4v) is 2.37. The molecule has 0 spiro atoms. The van der Waals surface area contributed by atoms with Crippen LogP contribution in [-0.4, -0.2) is 27.7 Å². The van der Waals surface area contributed by atoms with E-state index in [9.17, 15) is 9.18 Å². The molecular formula is C19H19FN4O2. The third-order valence-corrected chi connectivity index (χ3v) is 3.66. The molecule has 7 heteroatoms. The number of carbonyl (C=O) groups excluding carboxylic acids is 1. The van der Waals surface area contributed by atoms with E-state index >= 15 is 0 Å². The molecule has 0 unspecified atom stereocenters. The number of aromatic nitrogens is 3. The summed E-state index contributed by atoms with van der Waals surface area (Å²) in [6.45, 7) is 2.45. The summed E-state index contributed by atoms with van der Waals surface area (Å²) in [6.07, 6.45) is 0.876. The van der Waals surface area contributed by atoms with E-state index in [1.807, 2.05) is 31.2 Å². The molecule has 0 fully saturated rings. The smallest absolute Gasteiger partial charge is 0.249 e. The number of benzene rings is 2. The Balaban J connectivity index is 1.44. The molecule has 134 valence electrons. The predicted octanol–water partition coefficient (Wildman–Crippen LogP) is 3.72. The van der Waals surface area contributed by atoms with Gasteiger partial charge in [-0.2, -0.15) is 4.98 Å². The second kappa shape index (κ2) is 8.24. The Kier molecular flexibility index (Phi) is 5.58. The third kappa shape index (κ3) is 4.89. The minimum Gasteiger partial charge on any atom is -0.494 e. The maximum atomic E-state index is 12.9. The second-order valence-electron chi connectivity index (χ2n) is 5.83. The largest absolute Gasteiger partial charge is 0.494 e. The van der Waals surface area contributed by atoms with Gasteiger partial charge >= 0.3 is 0 Å². The minimum atomic E-state index is -0.324. The van der Waals surface area contributed by atoms with Crippen LogP contribution in [0, 0.1) is 12.7 Å². The monoisotopic (exact) mass is 354 g/mol. The van der Waals surface area contributed by atoms with Crippen LogP contribution in [0.2, 0.25) is 0 Å². The van der Waals surface area contributed by atoms with Crippen molar-refractivity contribution < 1.29 is 13.9 Å². The lowest BCUT2D eigenvalue weighted by Crippen LogP contribution is -2.13. The van der Waals surface area contributed by atoms with E-state index in [4.69, 9.17) is 4.74 Å². The zero-order valence-electron chi connectivity index (χ0n) is 14.3. The van der Waals surface area contributed by atoms with Crippen molar-refractivity contribution in [1.82, 2.24) is 15.2 Å². The molecule has 0 saturated heterocycles. The molecule has 0 radical (unpaired) electrons. The third-order valence-electron chi connectivity index (χ3n) is 3.66. The van der Waals surface area contributed by atoms with Gasteiger partial charge < -0.3 is 4.74 Å². The van der Waals surface area contributed by atoms with Crippen LogP contribution in [0.5, 0.6) is 5.75 Å². The second-order valence-corrected chi connectivity index (χ2v) is 5.83. The van der Waals surface area contributed by atoms with E-state index in [1.54, 1.807) is 12.1 Å². The lowest BCUT2D eigenvalue weighted by atomic mass is 10.2. The van der Waals surface area contributed by atoms with Gasteiger partial charge in [-0.1, -0.05) is 12.1 Å². The Labute approximate surface area is 150 Å². The molecule has 3 rings (SSSR count). The highest BCUT2D eigenvalue weighted by Gasteiger charge is 2.09. The predicted molar refractivity (Wildman–Crippen MR) is 96.3 cm³/mol. The van der Waals surface area contributed by atoms with Gasteiger partial charge in [0.25, 0.3) is 0 Å². The van der Waals surface area contributed by atoms with Crippen LogP contribution in [0.25, 0.3) is 11.4 Å². The minimum absolute atomic E-state index is 0.189. The van der Waals surface area contributed by atoms with Crippen LogP contribution in [0.3, 0.4) is 0 Å². The summed E-state index contributed by atoms with van der Waals surface area (Å²) in [5, 5.41) is 9.29. The molecule has 1 amide bonds. The average molecular weight is 354 g/mol. The van der Waals surface area contributed by atoms with Crippen molar-refractivity contribution in [3.05, 3.63) is 59.9 Å². The molecule has 1 aromatic heterocycles. The van der Waals surface area contributed by atoms with Crippen molar-refractivity contribution >= 4 is 11.9 Å². The van der Waals surface area contributed by atoms with Gasteiger partial charge in [0.05, 0.1) is 6.61 Å². The maximum Gasteiger partial charge on any atom is 0.249 e. The molecule has 3 aromatic rings. The summed E-state index contributed by atoms with van der Waals surface area (Å²) >= 11 is 0. The molecule has 6 nitrogen and oxygen atoms in total. The SMILES string of the molecule is Cc1cccc(OCCCC(=O)Nc2n[nH]c(-c3ccc(F)cc3)n2)c1. The van der Waals surface area contributed by atoms with E-state index in [-0.39, 0.29) is 17.7 Å². The lowest BCUT2D eigenvalue weighted by Gasteiger charge is -2.06. The number of carbonyl (C=O) groups is 1. The van der Waals surface area contributed by atoms with E-state index in [0.29, 0.717) is 30.8 Å². The fraction of sp³-hybridized carbons (Fsp3) is 0.211. The molecule has 0 aliphatic rings. The Morgan fingerprint density at radius 1 is 1.23 bits per heavy atom. The zero-order valence-corrected chi connectivity index (χ0v) is 14.3. The first-order chi connectivity index (χ1) is 12.6. The summed E-state index contributed by atoms with van der Waals surface area (Å²) in [5.74, 6) is 0.928. The quantitative estimate of drug-likeness (QED) is 0.634. The summed E-state index contributed by atoms with van der Waals surface area (Å²) < 4.78 is 18.6. The topological polar surface area (TPSA) is 79.9 Å². The number of anilines is 1. The Morgan fingerprint density at radius 3 is 2.81 bits per heavy atom. The lowest BCUT2D eigenvalue weighted by molar-refractivity contribution is -0.116. The highest BCUT2D eigenvalue weighted by molar-refractivity contribution is 5.89. The molecule has 26 heavy (non-hydrogen) atoms. The average Bonchev–Trinajstić information content (AvgIpc) is 3.08. The number of aromatic amines is 1. The van der Waals surface area contributed by atoms with Crippen molar-refractivity contribution in [2.75, 3.05) is 11.9 Å². The van der Waals surface area contributed by atoms with Crippen molar-refractivity contribution in [1.29, 1.82) is 0 Å². The van der Waals surface area contributed by atoms with E-state index < -0.39 is 0 Å². The molecule has 0 bridgehead atoms. The zero-order chi connectivity index (χ0) is 18.4. The van der Waals surface area contributed by atoms with Crippen molar-refractivity contribution in [2.45, 2.75) is 19.8 Å². The van der Waals surface area contributed by atoms with Crippen LogP contribution in [0.15, 0.2) is 48.5 Å². The first kappa shape index (κ1) is 17.6. The van der Waals surface area contributed by atoms with Gasteiger partial charge in [-0.05, 0) is 55.3 Å². The Bertz CT molecular complexity index is 877. The maximum absolute atomic E-state index is 12.9. The standard InChI is InChI=1S/C19H19FN4O2/c1-13-4-2-5-16(12-13)26-11-3-6-17(25)21-19-22-18(23-24-19)14-7-9-15(20)10-8-14/h2,4-5,7-10,12H,3,6,11H2,1H3,(H2,21,22,23,24,25). The number of nitrogens with one attached hydrogen (secondary N) is 2. The number of hydrogen-bond donors (Lipinski definition) is 2. The number of ether oxygens (including phenoxy) is 1. The van der Waals surface area contributed by atoms with Crippen LogP contribution in [-0.2, 0) is 4.79 Å². The molecule has 2 N–H and O–H groups in total. The van der Waals surface area contributed by atoms with Crippen molar-refractivity contribution in [3.63, 3.8) is 0 Å². The van der Waals surface area contributed by atoms with Crippen molar-refractivity contribution in [2.24, 2.45) is 0 Å².